The summed E-state index contributed by atoms with van der Waals surface area (Å²) in [5.41, 5.74) is 1.22. The summed E-state index contributed by atoms with van der Waals surface area (Å²) in [7, 11) is 0. The number of carbonyl (C=O) groups excluding carboxylic acids is 2. The number of amides is 2. The quantitative estimate of drug-likeness (QED) is 0.451. The lowest BCUT2D eigenvalue weighted by Crippen LogP contribution is -2.45. The Morgan fingerprint density at radius 2 is 1.97 bits per heavy atom. The van der Waals surface area contributed by atoms with Crippen molar-refractivity contribution in [2.24, 2.45) is 5.92 Å². The second-order valence-electron chi connectivity index (χ2n) is 8.36. The monoisotopic (exact) mass is 473 g/mol. The van der Waals surface area contributed by atoms with Crippen LogP contribution in [0.3, 0.4) is 0 Å². The molecular formula is C25H24FN7O2. The van der Waals surface area contributed by atoms with Crippen molar-refractivity contribution in [1.82, 2.24) is 20.3 Å². The molecule has 178 valence electrons. The van der Waals surface area contributed by atoms with Gasteiger partial charge < -0.3 is 16.0 Å². The van der Waals surface area contributed by atoms with E-state index < -0.39 is 23.7 Å². The van der Waals surface area contributed by atoms with Crippen molar-refractivity contribution in [1.29, 1.82) is 5.26 Å². The van der Waals surface area contributed by atoms with E-state index in [1.165, 1.54) is 24.7 Å². The van der Waals surface area contributed by atoms with E-state index in [0.717, 1.165) is 31.9 Å². The number of aromatic nitrogens is 3. The normalized spacial score (nSPS) is 14.1. The summed E-state index contributed by atoms with van der Waals surface area (Å²) in [6, 6.07) is 9.19. The van der Waals surface area contributed by atoms with Crippen LogP contribution < -0.4 is 16.0 Å². The number of carbonyl (C=O) groups is 2. The Labute approximate surface area is 201 Å². The number of nitrogens with one attached hydrogen (secondary N) is 3. The fraction of sp³-hybridized carbons (Fsp3) is 0.280. The van der Waals surface area contributed by atoms with Gasteiger partial charge in [0.05, 0.1) is 24.3 Å². The molecule has 2 aromatic heterocycles. The molecule has 35 heavy (non-hydrogen) atoms. The van der Waals surface area contributed by atoms with E-state index in [4.69, 9.17) is 5.26 Å². The first kappa shape index (κ1) is 23.8. The number of hydrogen-bond donors (Lipinski definition) is 3. The van der Waals surface area contributed by atoms with E-state index in [1.807, 2.05) is 6.07 Å². The first-order chi connectivity index (χ1) is 17.0. The molecule has 0 unspecified atom stereocenters. The second kappa shape index (κ2) is 11.2. The van der Waals surface area contributed by atoms with Gasteiger partial charge in [-0.25, -0.2) is 14.4 Å². The highest BCUT2D eigenvalue weighted by Crippen LogP contribution is 2.29. The maximum Gasteiger partial charge on any atom is 0.252 e. The topological polar surface area (TPSA) is 133 Å². The largest absolute Gasteiger partial charge is 0.353 e. The summed E-state index contributed by atoms with van der Waals surface area (Å²) in [6.07, 6.45) is 9.86. The summed E-state index contributed by atoms with van der Waals surface area (Å²) >= 11 is 0. The average Bonchev–Trinajstić information content (AvgIpc) is 3.39. The summed E-state index contributed by atoms with van der Waals surface area (Å²) in [5, 5.41) is 17.3. The first-order valence-electron chi connectivity index (χ1n) is 11.3. The molecule has 1 saturated carbocycles. The smallest absolute Gasteiger partial charge is 0.252 e. The zero-order chi connectivity index (χ0) is 24.6. The van der Waals surface area contributed by atoms with Crippen LogP contribution in [-0.2, 0) is 4.79 Å². The van der Waals surface area contributed by atoms with Gasteiger partial charge in [-0.2, -0.15) is 5.26 Å². The first-order valence-corrected chi connectivity index (χ1v) is 11.3. The second-order valence-corrected chi connectivity index (χ2v) is 8.36. The molecule has 0 aliphatic heterocycles. The highest BCUT2D eigenvalue weighted by molar-refractivity contribution is 6.01. The number of halogens is 1. The Morgan fingerprint density at radius 3 is 2.69 bits per heavy atom. The van der Waals surface area contributed by atoms with Crippen LogP contribution in [-0.4, -0.2) is 32.8 Å². The predicted octanol–water partition coefficient (Wildman–Crippen LogP) is 3.94. The van der Waals surface area contributed by atoms with Gasteiger partial charge in [-0.1, -0.05) is 31.7 Å². The Balaban J connectivity index is 1.47. The van der Waals surface area contributed by atoms with Crippen molar-refractivity contribution >= 4 is 29.0 Å². The molecule has 3 aromatic rings. The summed E-state index contributed by atoms with van der Waals surface area (Å²) < 4.78 is 13.9. The predicted molar refractivity (Wildman–Crippen MR) is 127 cm³/mol. The highest BCUT2D eigenvalue weighted by Gasteiger charge is 2.27. The van der Waals surface area contributed by atoms with Gasteiger partial charge >= 0.3 is 0 Å². The minimum absolute atomic E-state index is 0.138. The third-order valence-corrected chi connectivity index (χ3v) is 5.86. The van der Waals surface area contributed by atoms with Gasteiger partial charge in [-0.15, -0.1) is 0 Å². The molecule has 1 atom stereocenters. The summed E-state index contributed by atoms with van der Waals surface area (Å²) in [6.45, 7) is 0. The van der Waals surface area contributed by atoms with Crippen molar-refractivity contribution in [3.05, 3.63) is 72.2 Å². The Hall–Kier alpha value is -4.39. The lowest BCUT2D eigenvalue weighted by Gasteiger charge is -2.21. The van der Waals surface area contributed by atoms with Crippen LogP contribution in [0.4, 0.5) is 21.6 Å². The maximum atomic E-state index is 13.9. The lowest BCUT2D eigenvalue weighted by molar-refractivity contribution is -0.118. The molecule has 0 radical (unpaired) electrons. The zero-order valence-corrected chi connectivity index (χ0v) is 18.9. The molecule has 0 bridgehead atoms. The maximum absolute atomic E-state index is 13.9. The average molecular weight is 474 g/mol. The van der Waals surface area contributed by atoms with E-state index in [9.17, 15) is 14.0 Å². The van der Waals surface area contributed by atoms with Crippen molar-refractivity contribution < 1.29 is 14.0 Å². The van der Waals surface area contributed by atoms with Crippen molar-refractivity contribution in [2.45, 2.75) is 38.1 Å². The minimum Gasteiger partial charge on any atom is -0.353 e. The molecule has 0 spiro atoms. The SMILES string of the molecule is N#Cc1cnc(NC(=O)[C@@H](CC2CCCC2)NC(=O)c2cccc(Nc3ccncc3F)c2)cn1. The van der Waals surface area contributed by atoms with E-state index in [2.05, 4.69) is 30.9 Å². The van der Waals surface area contributed by atoms with E-state index >= 15 is 0 Å². The lowest BCUT2D eigenvalue weighted by atomic mass is 9.97. The van der Waals surface area contributed by atoms with E-state index in [1.54, 1.807) is 24.3 Å². The Morgan fingerprint density at radius 1 is 1.14 bits per heavy atom. The van der Waals surface area contributed by atoms with E-state index in [-0.39, 0.29) is 17.2 Å². The summed E-state index contributed by atoms with van der Waals surface area (Å²) in [5.74, 6) is -0.808. The van der Waals surface area contributed by atoms with Crippen LogP contribution in [0.15, 0.2) is 55.1 Å². The van der Waals surface area contributed by atoms with Crippen molar-refractivity contribution in [3.63, 3.8) is 0 Å². The zero-order valence-electron chi connectivity index (χ0n) is 18.9. The van der Waals surface area contributed by atoms with Crippen LogP contribution in [0.5, 0.6) is 0 Å². The highest BCUT2D eigenvalue weighted by atomic mass is 19.1. The van der Waals surface area contributed by atoms with Crippen LogP contribution in [0.2, 0.25) is 0 Å². The minimum atomic E-state index is -0.780. The van der Waals surface area contributed by atoms with Gasteiger partial charge in [-0.05, 0) is 36.6 Å². The van der Waals surface area contributed by atoms with Gasteiger partial charge in [-0.3, -0.25) is 14.6 Å². The number of anilines is 3. The Kier molecular flexibility index (Phi) is 7.57. The molecule has 10 heteroatoms. The Bertz CT molecular complexity index is 1240. The molecule has 0 saturated heterocycles. The van der Waals surface area contributed by atoms with Gasteiger partial charge in [0.1, 0.15) is 12.1 Å². The number of nitrogens with zero attached hydrogens (tertiary/aromatic N) is 4. The van der Waals surface area contributed by atoms with E-state index in [0.29, 0.717) is 23.6 Å². The molecule has 1 aliphatic rings. The third-order valence-electron chi connectivity index (χ3n) is 5.86. The molecule has 4 rings (SSSR count). The number of nitriles is 1. The van der Waals surface area contributed by atoms with Gasteiger partial charge in [0.2, 0.25) is 5.91 Å². The molecule has 9 nitrogen and oxygen atoms in total. The van der Waals surface area contributed by atoms with Crippen LogP contribution >= 0.6 is 0 Å². The fourth-order valence-electron chi connectivity index (χ4n) is 4.09. The van der Waals surface area contributed by atoms with Crippen LogP contribution in [0.1, 0.15) is 48.2 Å². The molecule has 3 N–H and O–H groups in total. The van der Waals surface area contributed by atoms with Crippen molar-refractivity contribution in [3.8, 4) is 6.07 Å². The van der Waals surface area contributed by atoms with Gasteiger partial charge in [0, 0.05) is 17.4 Å². The molecule has 1 fully saturated rings. The third kappa shape index (κ3) is 6.35. The number of pyridine rings is 1. The molecule has 1 aromatic carbocycles. The fourth-order valence-corrected chi connectivity index (χ4v) is 4.09. The molecule has 1 aliphatic carbocycles. The summed E-state index contributed by atoms with van der Waals surface area (Å²) in [4.78, 5) is 37.8. The number of benzene rings is 1. The van der Waals surface area contributed by atoms with Crippen LogP contribution in [0, 0.1) is 23.1 Å². The molecular weight excluding hydrogens is 449 g/mol. The number of hydrogen-bond acceptors (Lipinski definition) is 7. The van der Waals surface area contributed by atoms with Gasteiger partial charge in [0.15, 0.2) is 17.3 Å². The number of rotatable bonds is 8. The molecule has 2 heterocycles. The van der Waals surface area contributed by atoms with Crippen LogP contribution in [0.25, 0.3) is 0 Å². The van der Waals surface area contributed by atoms with Crippen molar-refractivity contribution in [2.75, 3.05) is 10.6 Å². The standard InChI is InChI=1S/C25H24FN7O2/c26-20-14-28-9-8-21(20)31-18-7-3-6-17(11-18)24(34)32-22(10-16-4-1-2-5-16)25(35)33-23-15-29-19(12-27)13-30-23/h3,6-9,11,13-16,22H,1-2,4-5,10H2,(H,28,31)(H,32,34)(H,30,33,35)/t22-/m1/s1. The van der Waals surface area contributed by atoms with Gasteiger partial charge in [0.25, 0.3) is 5.91 Å². The molecule has 2 amide bonds.